The van der Waals surface area contributed by atoms with Crippen LogP contribution in [0, 0.1) is 5.41 Å². The maximum atomic E-state index is 6.64. The minimum Gasteiger partial charge on any atom is -0.486 e. The average Bonchev–Trinajstić information content (AvgIpc) is 3.22. The Morgan fingerprint density at radius 2 is 1.66 bits per heavy atom. The van der Waals surface area contributed by atoms with Gasteiger partial charge in [-0.15, -0.1) is 0 Å². The van der Waals surface area contributed by atoms with Crippen LogP contribution >= 0.6 is 0 Å². The van der Waals surface area contributed by atoms with E-state index in [1.165, 1.54) is 46.3 Å². The second-order valence-electron chi connectivity index (χ2n) is 9.84. The molecule has 0 N–H and O–H groups in total. The number of allylic oxidation sites excluding steroid dienone is 4. The maximum absolute atomic E-state index is 6.64. The van der Waals surface area contributed by atoms with Crippen molar-refractivity contribution in [3.05, 3.63) is 84.0 Å². The van der Waals surface area contributed by atoms with Crippen LogP contribution in [0.5, 0.6) is 5.75 Å². The highest BCUT2D eigenvalue weighted by Gasteiger charge is 2.43. The molecule has 5 rings (SSSR count). The average molecular weight is 383 g/mol. The third-order valence-electron chi connectivity index (χ3n) is 7.09. The van der Waals surface area contributed by atoms with E-state index in [0.717, 1.165) is 31.4 Å². The summed E-state index contributed by atoms with van der Waals surface area (Å²) in [6.45, 7) is 9.22. The lowest BCUT2D eigenvalue weighted by Crippen LogP contribution is -2.44. The Morgan fingerprint density at radius 3 is 2.41 bits per heavy atom. The van der Waals surface area contributed by atoms with Crippen LogP contribution in [0.3, 0.4) is 0 Å². The standard InChI is InChI=1S/C28H30O/c1-20-19-28(15-13-27(2,3)14-16-28)29-26-12-11-24(18-25(20)26)23-10-9-22(17-23)21-7-5-4-6-8-21/h4-9,11-12,17-18H,1,10,13-16,19H2,2-3H3. The molecule has 1 fully saturated rings. The van der Waals surface area contributed by atoms with Crippen LogP contribution in [0.15, 0.2) is 67.3 Å². The van der Waals surface area contributed by atoms with E-state index in [1.54, 1.807) is 0 Å². The normalized spacial score (nSPS) is 21.9. The van der Waals surface area contributed by atoms with E-state index in [2.05, 4.69) is 81.1 Å². The first kappa shape index (κ1) is 18.5. The van der Waals surface area contributed by atoms with Crippen molar-refractivity contribution < 1.29 is 4.74 Å². The molecule has 2 aromatic carbocycles. The molecule has 1 heteroatoms. The lowest BCUT2D eigenvalue weighted by Gasteiger charge is -2.46. The highest BCUT2D eigenvalue weighted by Crippen LogP contribution is 2.50. The molecule has 29 heavy (non-hydrogen) atoms. The van der Waals surface area contributed by atoms with Crippen LogP contribution in [0.4, 0.5) is 0 Å². The summed E-state index contributed by atoms with van der Waals surface area (Å²) in [7, 11) is 0. The van der Waals surface area contributed by atoms with E-state index in [-0.39, 0.29) is 5.60 Å². The molecule has 1 saturated carbocycles. The SMILES string of the molecule is C=C1CC2(CCC(C)(C)CC2)Oc2ccc(C3=CC(c4ccccc4)=CC3)cc21. The van der Waals surface area contributed by atoms with E-state index >= 15 is 0 Å². The fraction of sp³-hybridized carbons (Fsp3) is 0.357. The summed E-state index contributed by atoms with van der Waals surface area (Å²) in [5.41, 5.74) is 8.12. The Balaban J connectivity index is 1.39. The zero-order valence-corrected chi connectivity index (χ0v) is 17.6. The predicted molar refractivity (Wildman–Crippen MR) is 123 cm³/mol. The van der Waals surface area contributed by atoms with Crippen LogP contribution < -0.4 is 4.74 Å². The van der Waals surface area contributed by atoms with Crippen LogP contribution in [-0.4, -0.2) is 5.60 Å². The van der Waals surface area contributed by atoms with Gasteiger partial charge in [-0.1, -0.05) is 69.0 Å². The van der Waals surface area contributed by atoms with Gasteiger partial charge < -0.3 is 4.74 Å². The topological polar surface area (TPSA) is 9.23 Å². The lowest BCUT2D eigenvalue weighted by atomic mass is 9.68. The monoisotopic (exact) mass is 382 g/mol. The first-order valence-corrected chi connectivity index (χ1v) is 10.9. The van der Waals surface area contributed by atoms with Crippen LogP contribution in [-0.2, 0) is 0 Å². The number of benzene rings is 2. The fourth-order valence-electron chi connectivity index (χ4n) is 5.07. The molecule has 2 aromatic rings. The summed E-state index contributed by atoms with van der Waals surface area (Å²) < 4.78 is 6.64. The van der Waals surface area contributed by atoms with Gasteiger partial charge >= 0.3 is 0 Å². The summed E-state index contributed by atoms with van der Waals surface area (Å²) in [6, 6.07) is 17.3. The summed E-state index contributed by atoms with van der Waals surface area (Å²) in [4.78, 5) is 0. The van der Waals surface area contributed by atoms with Crippen molar-refractivity contribution in [1.82, 2.24) is 0 Å². The molecule has 0 bridgehead atoms. The number of hydrogen-bond acceptors (Lipinski definition) is 1. The van der Waals surface area contributed by atoms with Crippen LogP contribution in [0.1, 0.15) is 69.1 Å². The second-order valence-corrected chi connectivity index (χ2v) is 9.84. The molecular formula is C28H30O. The first-order valence-electron chi connectivity index (χ1n) is 10.9. The number of hydrogen-bond donors (Lipinski definition) is 0. The molecule has 0 unspecified atom stereocenters. The number of ether oxygens (including phenoxy) is 1. The third kappa shape index (κ3) is 3.48. The van der Waals surface area contributed by atoms with Gasteiger partial charge in [0.15, 0.2) is 0 Å². The molecule has 0 saturated heterocycles. The van der Waals surface area contributed by atoms with Crippen molar-refractivity contribution in [3.63, 3.8) is 0 Å². The first-order chi connectivity index (χ1) is 13.9. The van der Waals surface area contributed by atoms with Gasteiger partial charge in [0, 0.05) is 12.0 Å². The predicted octanol–water partition coefficient (Wildman–Crippen LogP) is 7.69. The highest BCUT2D eigenvalue weighted by atomic mass is 16.5. The van der Waals surface area contributed by atoms with Gasteiger partial charge in [-0.25, -0.2) is 0 Å². The van der Waals surface area contributed by atoms with Crippen molar-refractivity contribution in [2.24, 2.45) is 5.41 Å². The van der Waals surface area contributed by atoms with Crippen LogP contribution in [0.2, 0.25) is 0 Å². The Morgan fingerprint density at radius 1 is 0.897 bits per heavy atom. The van der Waals surface area contributed by atoms with Gasteiger partial charge in [-0.05, 0) is 77.5 Å². The molecule has 0 aromatic heterocycles. The quantitative estimate of drug-likeness (QED) is 0.517. The van der Waals surface area contributed by atoms with Gasteiger partial charge in [0.2, 0.25) is 0 Å². The van der Waals surface area contributed by atoms with Crippen molar-refractivity contribution in [2.45, 2.75) is 58.0 Å². The largest absolute Gasteiger partial charge is 0.486 e. The lowest BCUT2D eigenvalue weighted by molar-refractivity contribution is -0.00357. The summed E-state index contributed by atoms with van der Waals surface area (Å²) in [5, 5.41) is 0. The highest BCUT2D eigenvalue weighted by molar-refractivity contribution is 5.90. The van der Waals surface area contributed by atoms with Gasteiger partial charge in [-0.2, -0.15) is 0 Å². The molecule has 1 nitrogen and oxygen atoms in total. The Bertz CT molecular complexity index is 1010. The zero-order valence-electron chi connectivity index (χ0n) is 17.6. The smallest absolute Gasteiger partial charge is 0.127 e. The van der Waals surface area contributed by atoms with Crippen molar-refractivity contribution in [2.75, 3.05) is 0 Å². The molecule has 0 amide bonds. The minimum atomic E-state index is -0.0320. The molecule has 148 valence electrons. The molecule has 2 aliphatic carbocycles. The van der Waals surface area contributed by atoms with Crippen molar-refractivity contribution in [1.29, 1.82) is 0 Å². The summed E-state index contributed by atoms with van der Waals surface area (Å²) >= 11 is 0. The molecule has 0 atom stereocenters. The van der Waals surface area contributed by atoms with E-state index in [9.17, 15) is 0 Å². The van der Waals surface area contributed by atoms with Gasteiger partial charge in [0.25, 0.3) is 0 Å². The summed E-state index contributed by atoms with van der Waals surface area (Å²) in [5.74, 6) is 1.03. The molecule has 0 radical (unpaired) electrons. The van der Waals surface area contributed by atoms with Gasteiger partial charge in [-0.3, -0.25) is 0 Å². The molecular weight excluding hydrogens is 352 g/mol. The van der Waals surface area contributed by atoms with Crippen molar-refractivity contribution >= 4 is 16.7 Å². The zero-order chi connectivity index (χ0) is 20.1. The van der Waals surface area contributed by atoms with E-state index in [0.29, 0.717) is 5.41 Å². The fourth-order valence-corrected chi connectivity index (χ4v) is 5.07. The molecule has 1 aliphatic heterocycles. The van der Waals surface area contributed by atoms with E-state index < -0.39 is 0 Å². The van der Waals surface area contributed by atoms with Gasteiger partial charge in [0.05, 0.1) is 0 Å². The Hall–Kier alpha value is -2.54. The molecule has 1 spiro atoms. The number of fused-ring (bicyclic) bond motifs is 1. The van der Waals surface area contributed by atoms with Crippen LogP contribution in [0.25, 0.3) is 16.7 Å². The van der Waals surface area contributed by atoms with E-state index in [4.69, 9.17) is 4.74 Å². The minimum absolute atomic E-state index is 0.0320. The third-order valence-corrected chi connectivity index (χ3v) is 7.09. The van der Waals surface area contributed by atoms with Gasteiger partial charge in [0.1, 0.15) is 11.4 Å². The Kier molecular flexibility index (Phi) is 4.31. The maximum Gasteiger partial charge on any atom is 0.127 e. The second kappa shape index (κ2) is 6.76. The summed E-state index contributed by atoms with van der Waals surface area (Å²) in [6.07, 6.45) is 11.3. The van der Waals surface area contributed by atoms with E-state index in [1.807, 2.05) is 0 Å². The number of rotatable bonds is 2. The Labute approximate surface area is 174 Å². The molecule has 3 aliphatic rings. The molecule has 1 heterocycles. The van der Waals surface area contributed by atoms with Crippen molar-refractivity contribution in [3.8, 4) is 5.75 Å².